The lowest BCUT2D eigenvalue weighted by atomic mass is 9.97. The van der Waals surface area contributed by atoms with Gasteiger partial charge >= 0.3 is 0 Å². The quantitative estimate of drug-likeness (QED) is 0.334. The Morgan fingerprint density at radius 2 is 1.04 bits per heavy atom. The minimum Gasteiger partial charge on any atom is -0.507 e. The zero-order chi connectivity index (χ0) is 20.4. The molecule has 0 radical (unpaired) electrons. The number of benzene rings is 3. The van der Waals surface area contributed by atoms with E-state index in [2.05, 4.69) is 39.8 Å². The summed E-state index contributed by atoms with van der Waals surface area (Å²) < 4.78 is 11.5. The molecule has 0 fully saturated rings. The van der Waals surface area contributed by atoms with Gasteiger partial charge in [-0.25, -0.2) is 0 Å². The van der Waals surface area contributed by atoms with Crippen molar-refractivity contribution in [2.24, 2.45) is 0 Å². The molecular weight excluding hydrogens is 367 g/mol. The molecule has 0 saturated carbocycles. The standard InChI is InChI=1S/C16H17O2P.C8H10O/c1-9-5-7-13-15(11(9)3)16-12(4)10(2)6-8-14(16)18-19-17-13;1-6-4-3-5-7(2)8(6)9/h5-8,19H,1-4H3;3-5,9H,1-2H3. The summed E-state index contributed by atoms with van der Waals surface area (Å²) in [6.07, 6.45) is 0. The second-order valence-corrected chi connectivity index (χ2v) is 7.86. The molecule has 0 saturated heterocycles. The highest BCUT2D eigenvalue weighted by Gasteiger charge is 2.10. The molecule has 1 aromatic heterocycles. The zero-order valence-electron chi connectivity index (χ0n) is 17.3. The van der Waals surface area contributed by atoms with Gasteiger partial charge in [-0.05, 0) is 87.1 Å². The summed E-state index contributed by atoms with van der Waals surface area (Å²) in [4.78, 5) is 0. The monoisotopic (exact) mass is 394 g/mol. The van der Waals surface area contributed by atoms with E-state index in [0.717, 1.165) is 22.3 Å². The Hall–Kier alpha value is -2.64. The van der Waals surface area contributed by atoms with Crippen LogP contribution in [0.25, 0.3) is 21.9 Å². The maximum absolute atomic E-state index is 9.21. The van der Waals surface area contributed by atoms with Crippen LogP contribution >= 0.6 is 8.67 Å². The lowest BCUT2D eigenvalue weighted by molar-refractivity contribution is 0.467. The van der Waals surface area contributed by atoms with Crippen LogP contribution in [0.1, 0.15) is 33.4 Å². The molecule has 1 N–H and O–H groups in total. The lowest BCUT2D eigenvalue weighted by Gasteiger charge is -2.07. The van der Waals surface area contributed by atoms with E-state index in [0.29, 0.717) is 5.75 Å². The minimum absolute atomic E-state index is 0.0151. The van der Waals surface area contributed by atoms with Gasteiger partial charge in [0.25, 0.3) is 0 Å². The Balaban J connectivity index is 0.000000211. The van der Waals surface area contributed by atoms with Gasteiger partial charge in [-0.15, -0.1) is 0 Å². The van der Waals surface area contributed by atoms with Crippen LogP contribution in [-0.4, -0.2) is 5.11 Å². The van der Waals surface area contributed by atoms with Gasteiger partial charge in [0, 0.05) is 10.8 Å². The Bertz CT molecular complexity index is 1100. The molecule has 3 aromatic carbocycles. The third-order valence-corrected chi connectivity index (χ3v) is 5.99. The third-order valence-electron chi connectivity index (χ3n) is 5.39. The van der Waals surface area contributed by atoms with E-state index in [-0.39, 0.29) is 8.67 Å². The number of hydrogen-bond donors (Lipinski definition) is 1. The molecule has 0 atom stereocenters. The van der Waals surface area contributed by atoms with Crippen LogP contribution in [0, 0.1) is 41.5 Å². The number of rotatable bonds is 0. The van der Waals surface area contributed by atoms with Crippen LogP contribution in [0.5, 0.6) is 5.75 Å². The van der Waals surface area contributed by atoms with Gasteiger partial charge in [0.1, 0.15) is 16.9 Å². The predicted octanol–water partition coefficient (Wildman–Crippen LogP) is 7.58. The first kappa shape index (κ1) is 20.1. The first-order valence-corrected chi connectivity index (χ1v) is 10.2. The molecule has 0 unspecified atom stereocenters. The van der Waals surface area contributed by atoms with Crippen LogP contribution in [0.15, 0.2) is 50.9 Å². The summed E-state index contributed by atoms with van der Waals surface area (Å²) in [5, 5.41) is 11.6. The summed E-state index contributed by atoms with van der Waals surface area (Å²) in [6, 6.07) is 14.0. The maximum atomic E-state index is 9.21. The Kier molecular flexibility index (Phi) is 5.86. The van der Waals surface area contributed by atoms with Crippen molar-refractivity contribution < 1.29 is 13.5 Å². The number of fused-ring (bicyclic) bond motifs is 3. The molecule has 1 heterocycles. The number of aryl methyl sites for hydroxylation is 6. The topological polar surface area (TPSA) is 46.5 Å². The lowest BCUT2D eigenvalue weighted by Crippen LogP contribution is -1.87. The van der Waals surface area contributed by atoms with Gasteiger partial charge < -0.3 is 13.5 Å². The minimum atomic E-state index is 0.0151. The van der Waals surface area contributed by atoms with Crippen molar-refractivity contribution in [2.75, 3.05) is 0 Å². The first-order valence-electron chi connectivity index (χ1n) is 9.36. The highest BCUT2D eigenvalue weighted by atomic mass is 31.1. The van der Waals surface area contributed by atoms with Crippen molar-refractivity contribution in [1.29, 1.82) is 0 Å². The van der Waals surface area contributed by atoms with E-state index in [9.17, 15) is 5.11 Å². The van der Waals surface area contributed by atoms with Crippen molar-refractivity contribution in [3.63, 3.8) is 0 Å². The van der Waals surface area contributed by atoms with Crippen molar-refractivity contribution in [1.82, 2.24) is 0 Å². The Morgan fingerprint density at radius 1 is 0.607 bits per heavy atom. The first-order chi connectivity index (χ1) is 13.3. The van der Waals surface area contributed by atoms with Crippen LogP contribution < -0.4 is 0 Å². The third kappa shape index (κ3) is 3.81. The van der Waals surface area contributed by atoms with E-state index < -0.39 is 0 Å². The SMILES string of the molecule is Cc1ccc2o[pH]oc3ccc(C)c(C)c3c2c1C.Cc1cccc(C)c1O. The van der Waals surface area contributed by atoms with Gasteiger partial charge in [-0.3, -0.25) is 0 Å². The molecular formula is C24H27O3P. The molecule has 0 bridgehead atoms. The van der Waals surface area contributed by atoms with Crippen LogP contribution in [0.2, 0.25) is 0 Å². The second kappa shape index (κ2) is 8.16. The number of phenols is 1. The summed E-state index contributed by atoms with van der Waals surface area (Å²) in [7, 11) is 0.0151. The fraction of sp³-hybridized carbons (Fsp3) is 0.250. The molecule has 4 heteroatoms. The van der Waals surface area contributed by atoms with E-state index in [1.807, 2.05) is 44.2 Å². The number of aromatic hydroxyl groups is 1. The molecule has 0 aliphatic rings. The molecule has 0 spiro atoms. The van der Waals surface area contributed by atoms with Crippen LogP contribution in [-0.2, 0) is 0 Å². The fourth-order valence-corrected chi connectivity index (χ4v) is 3.85. The van der Waals surface area contributed by atoms with Gasteiger partial charge in [-0.2, -0.15) is 0 Å². The molecule has 4 rings (SSSR count). The average molecular weight is 394 g/mol. The van der Waals surface area contributed by atoms with Crippen molar-refractivity contribution in [3.8, 4) is 5.75 Å². The van der Waals surface area contributed by atoms with E-state index in [1.165, 1.54) is 33.0 Å². The normalized spacial score (nSPS) is 10.6. The van der Waals surface area contributed by atoms with Gasteiger partial charge in [0.2, 0.25) is 8.67 Å². The molecule has 28 heavy (non-hydrogen) atoms. The summed E-state index contributed by atoms with van der Waals surface area (Å²) >= 11 is 0. The molecule has 0 aliphatic carbocycles. The maximum Gasteiger partial charge on any atom is 0.201 e. The van der Waals surface area contributed by atoms with Gasteiger partial charge in [-0.1, -0.05) is 30.3 Å². The van der Waals surface area contributed by atoms with Crippen molar-refractivity contribution in [2.45, 2.75) is 41.5 Å². The van der Waals surface area contributed by atoms with Crippen LogP contribution in [0.4, 0.5) is 0 Å². The predicted molar refractivity (Wildman–Crippen MR) is 120 cm³/mol. The summed E-state index contributed by atoms with van der Waals surface area (Å²) in [6.45, 7) is 12.3. The Labute approximate surface area is 167 Å². The zero-order valence-corrected chi connectivity index (χ0v) is 18.3. The average Bonchev–Trinajstić information content (AvgIpc) is 2.86. The van der Waals surface area contributed by atoms with Gasteiger partial charge in [0.15, 0.2) is 0 Å². The highest BCUT2D eigenvalue weighted by Crippen LogP contribution is 2.33. The van der Waals surface area contributed by atoms with E-state index >= 15 is 0 Å². The van der Waals surface area contributed by atoms with E-state index in [1.54, 1.807) is 0 Å². The van der Waals surface area contributed by atoms with Crippen LogP contribution in [0.3, 0.4) is 0 Å². The Morgan fingerprint density at radius 3 is 1.43 bits per heavy atom. The summed E-state index contributed by atoms with van der Waals surface area (Å²) in [5.41, 5.74) is 8.82. The molecule has 3 nitrogen and oxygen atoms in total. The molecule has 0 aliphatic heterocycles. The second-order valence-electron chi connectivity index (χ2n) is 7.29. The summed E-state index contributed by atoms with van der Waals surface area (Å²) in [5.74, 6) is 0.414. The molecule has 146 valence electrons. The van der Waals surface area contributed by atoms with Crippen molar-refractivity contribution >= 4 is 30.6 Å². The van der Waals surface area contributed by atoms with Gasteiger partial charge in [0.05, 0.1) is 0 Å². The van der Waals surface area contributed by atoms with Crippen molar-refractivity contribution in [3.05, 3.63) is 75.8 Å². The molecule has 4 aromatic rings. The number of hydrogen-bond acceptors (Lipinski definition) is 3. The largest absolute Gasteiger partial charge is 0.507 e. The number of para-hydroxylation sites is 1. The highest BCUT2D eigenvalue weighted by molar-refractivity contribution is 7.15. The van der Waals surface area contributed by atoms with E-state index in [4.69, 9.17) is 8.39 Å². The fourth-order valence-electron chi connectivity index (χ4n) is 3.29. The number of phenolic OH excluding ortho intramolecular Hbond substituents is 1. The smallest absolute Gasteiger partial charge is 0.201 e. The molecule has 0 amide bonds.